The Morgan fingerprint density at radius 2 is 2.17 bits per heavy atom. The van der Waals surface area contributed by atoms with Crippen molar-refractivity contribution in [2.45, 2.75) is 45.1 Å². The maximum absolute atomic E-state index is 13.1. The van der Waals surface area contributed by atoms with E-state index >= 15 is 0 Å². The average Bonchev–Trinajstić information content (AvgIpc) is 2.29. The summed E-state index contributed by atoms with van der Waals surface area (Å²) in [6.07, 6.45) is 3.57. The number of halogens is 2. The Morgan fingerprint density at radius 1 is 1.44 bits per heavy atom. The van der Waals surface area contributed by atoms with Gasteiger partial charge in [0.15, 0.2) is 0 Å². The van der Waals surface area contributed by atoms with Crippen molar-refractivity contribution in [1.82, 2.24) is 0 Å². The summed E-state index contributed by atoms with van der Waals surface area (Å²) in [5, 5.41) is 10.8. The normalized spacial score (nSPS) is 32.5. The molecule has 2 rings (SSSR count). The van der Waals surface area contributed by atoms with Gasteiger partial charge in [0.05, 0.1) is 5.60 Å². The van der Waals surface area contributed by atoms with Crippen LogP contribution in [0.3, 0.4) is 0 Å². The van der Waals surface area contributed by atoms with Gasteiger partial charge >= 0.3 is 0 Å². The highest BCUT2D eigenvalue weighted by Crippen LogP contribution is 2.39. The summed E-state index contributed by atoms with van der Waals surface area (Å²) < 4.78 is 13.8. The first-order valence-electron chi connectivity index (χ1n) is 6.57. The van der Waals surface area contributed by atoms with Gasteiger partial charge in [-0.15, -0.1) is 0 Å². The number of hydrogen-bond acceptors (Lipinski definition) is 1. The lowest BCUT2D eigenvalue weighted by Gasteiger charge is -2.41. The van der Waals surface area contributed by atoms with Crippen molar-refractivity contribution in [1.29, 1.82) is 0 Å². The van der Waals surface area contributed by atoms with Crippen LogP contribution >= 0.6 is 15.9 Å². The zero-order valence-electron chi connectivity index (χ0n) is 10.9. The topological polar surface area (TPSA) is 20.2 Å². The summed E-state index contributed by atoms with van der Waals surface area (Å²) in [5.74, 6) is 0.734. The van der Waals surface area contributed by atoms with Crippen molar-refractivity contribution in [2.75, 3.05) is 0 Å². The Kier molecular flexibility index (Phi) is 4.12. The number of hydrogen-bond donors (Lipinski definition) is 1. The van der Waals surface area contributed by atoms with Crippen LogP contribution in [0.2, 0.25) is 0 Å². The molecule has 0 amide bonds. The predicted molar refractivity (Wildman–Crippen MR) is 74.9 cm³/mol. The van der Waals surface area contributed by atoms with E-state index in [4.69, 9.17) is 0 Å². The van der Waals surface area contributed by atoms with Crippen molar-refractivity contribution >= 4 is 15.9 Å². The third-order valence-corrected chi connectivity index (χ3v) is 4.99. The second-order valence-corrected chi connectivity index (χ2v) is 6.65. The van der Waals surface area contributed by atoms with Crippen molar-refractivity contribution in [2.24, 2.45) is 11.8 Å². The first kappa shape index (κ1) is 14.0. The molecule has 18 heavy (non-hydrogen) atoms. The molecule has 0 aromatic heterocycles. The molecule has 1 aromatic carbocycles. The largest absolute Gasteiger partial charge is 0.389 e. The van der Waals surface area contributed by atoms with Crippen molar-refractivity contribution < 1.29 is 9.50 Å². The summed E-state index contributed by atoms with van der Waals surface area (Å²) >= 11 is 3.38. The molecule has 1 nitrogen and oxygen atoms in total. The van der Waals surface area contributed by atoms with Crippen LogP contribution in [0.25, 0.3) is 0 Å². The fourth-order valence-corrected chi connectivity index (χ4v) is 3.43. The highest BCUT2D eigenvalue weighted by molar-refractivity contribution is 9.10. The summed E-state index contributed by atoms with van der Waals surface area (Å²) in [4.78, 5) is 0. The molecule has 3 atom stereocenters. The van der Waals surface area contributed by atoms with E-state index in [0.29, 0.717) is 18.3 Å². The van der Waals surface area contributed by atoms with E-state index in [1.807, 2.05) is 0 Å². The lowest BCUT2D eigenvalue weighted by Crippen LogP contribution is -2.43. The Bertz CT molecular complexity index is 435. The van der Waals surface area contributed by atoms with E-state index in [1.165, 1.54) is 12.1 Å². The molecule has 1 aromatic rings. The van der Waals surface area contributed by atoms with Gasteiger partial charge in [0.25, 0.3) is 0 Å². The zero-order chi connectivity index (χ0) is 13.3. The molecule has 0 spiro atoms. The third kappa shape index (κ3) is 2.94. The van der Waals surface area contributed by atoms with Crippen LogP contribution in [0, 0.1) is 17.7 Å². The van der Waals surface area contributed by atoms with Crippen LogP contribution < -0.4 is 0 Å². The van der Waals surface area contributed by atoms with E-state index in [0.717, 1.165) is 29.3 Å². The number of benzene rings is 1. The quantitative estimate of drug-likeness (QED) is 0.862. The van der Waals surface area contributed by atoms with Gasteiger partial charge in [0.2, 0.25) is 0 Å². The number of aliphatic hydroxyl groups is 1. The molecular formula is C15H20BrFO. The Morgan fingerprint density at radius 3 is 2.78 bits per heavy atom. The van der Waals surface area contributed by atoms with Gasteiger partial charge < -0.3 is 5.11 Å². The Labute approximate surface area is 117 Å². The minimum atomic E-state index is -0.646. The van der Waals surface area contributed by atoms with E-state index in [-0.39, 0.29) is 5.82 Å². The fraction of sp³-hybridized carbons (Fsp3) is 0.600. The number of rotatable bonds is 2. The smallest absolute Gasteiger partial charge is 0.124 e. The van der Waals surface area contributed by atoms with Crippen molar-refractivity contribution in [3.8, 4) is 0 Å². The molecule has 0 saturated heterocycles. The van der Waals surface area contributed by atoms with Crippen LogP contribution in [0.15, 0.2) is 22.7 Å². The lowest BCUT2D eigenvalue weighted by atomic mass is 9.70. The predicted octanol–water partition coefficient (Wildman–Crippen LogP) is 4.32. The molecule has 1 N–H and O–H groups in total. The van der Waals surface area contributed by atoms with Crippen LogP contribution in [0.1, 0.15) is 38.7 Å². The molecule has 1 aliphatic carbocycles. The second-order valence-electron chi connectivity index (χ2n) is 5.80. The van der Waals surface area contributed by atoms with E-state index in [9.17, 15) is 9.50 Å². The zero-order valence-corrected chi connectivity index (χ0v) is 12.5. The summed E-state index contributed by atoms with van der Waals surface area (Å²) in [6.45, 7) is 4.36. The first-order valence-corrected chi connectivity index (χ1v) is 7.36. The SMILES string of the molecule is CC1CCC(O)(Cc2ccc(F)cc2Br)C(C)C1. The van der Waals surface area contributed by atoms with Gasteiger partial charge in [-0.25, -0.2) is 4.39 Å². The monoisotopic (exact) mass is 314 g/mol. The molecule has 0 bridgehead atoms. The van der Waals surface area contributed by atoms with Crippen molar-refractivity contribution in [3.05, 3.63) is 34.1 Å². The van der Waals surface area contributed by atoms with Crippen LogP contribution in [-0.4, -0.2) is 10.7 Å². The highest BCUT2D eigenvalue weighted by atomic mass is 79.9. The molecule has 3 unspecified atom stereocenters. The van der Waals surface area contributed by atoms with Gasteiger partial charge in [-0.1, -0.05) is 35.8 Å². The Balaban J connectivity index is 2.17. The average molecular weight is 315 g/mol. The molecule has 0 heterocycles. The van der Waals surface area contributed by atoms with Gasteiger partial charge in [0.1, 0.15) is 5.82 Å². The van der Waals surface area contributed by atoms with Crippen LogP contribution in [-0.2, 0) is 6.42 Å². The standard InChI is InChI=1S/C15H20BrFO/c1-10-5-6-15(18,11(2)7-10)9-12-3-4-13(17)8-14(12)16/h3-4,8,10-11,18H,5-7,9H2,1-2H3. The molecule has 100 valence electrons. The van der Waals surface area contributed by atoms with Gasteiger partial charge in [-0.05, 0) is 48.8 Å². The van der Waals surface area contributed by atoms with Crippen LogP contribution in [0.5, 0.6) is 0 Å². The van der Waals surface area contributed by atoms with Crippen molar-refractivity contribution in [3.63, 3.8) is 0 Å². The fourth-order valence-electron chi connectivity index (χ4n) is 2.94. The maximum atomic E-state index is 13.1. The first-order chi connectivity index (χ1) is 8.40. The molecule has 1 fully saturated rings. The van der Waals surface area contributed by atoms with Crippen LogP contribution in [0.4, 0.5) is 4.39 Å². The summed E-state index contributed by atoms with van der Waals surface area (Å²) in [7, 11) is 0. The third-order valence-electron chi connectivity index (χ3n) is 4.25. The van der Waals surface area contributed by atoms with Gasteiger partial charge in [-0.3, -0.25) is 0 Å². The van der Waals surface area contributed by atoms with E-state index in [1.54, 1.807) is 6.07 Å². The molecular weight excluding hydrogens is 295 g/mol. The molecule has 3 heteroatoms. The second kappa shape index (κ2) is 5.30. The lowest BCUT2D eigenvalue weighted by molar-refractivity contribution is -0.0523. The minimum absolute atomic E-state index is 0.247. The molecule has 0 aliphatic heterocycles. The molecule has 1 aliphatic rings. The van der Waals surface area contributed by atoms with E-state index in [2.05, 4.69) is 29.8 Å². The highest BCUT2D eigenvalue weighted by Gasteiger charge is 2.38. The molecule has 0 radical (unpaired) electrons. The molecule has 1 saturated carbocycles. The van der Waals surface area contributed by atoms with E-state index < -0.39 is 5.60 Å². The Hall–Kier alpha value is -0.410. The minimum Gasteiger partial charge on any atom is -0.389 e. The maximum Gasteiger partial charge on any atom is 0.124 e. The summed E-state index contributed by atoms with van der Waals surface area (Å²) in [6, 6.07) is 4.69. The van der Waals surface area contributed by atoms with Gasteiger partial charge in [-0.2, -0.15) is 0 Å². The van der Waals surface area contributed by atoms with Gasteiger partial charge in [0, 0.05) is 10.9 Å². The summed E-state index contributed by atoms with van der Waals surface area (Å²) in [5.41, 5.74) is 0.340.